The molecule has 0 saturated carbocycles. The Labute approximate surface area is 121 Å². The Morgan fingerprint density at radius 2 is 1.45 bits per heavy atom. The summed E-state index contributed by atoms with van der Waals surface area (Å²) >= 11 is 0. The zero-order chi connectivity index (χ0) is 14.2. The molecular formula is C19H23F. The highest BCUT2D eigenvalue weighted by atomic mass is 19.1. The lowest BCUT2D eigenvalue weighted by atomic mass is 10.00. The van der Waals surface area contributed by atoms with Gasteiger partial charge in [0.25, 0.3) is 0 Å². The fourth-order valence-electron chi connectivity index (χ4n) is 2.43. The van der Waals surface area contributed by atoms with Gasteiger partial charge >= 0.3 is 0 Å². The van der Waals surface area contributed by atoms with Crippen LogP contribution in [0.2, 0.25) is 0 Å². The second-order valence-electron chi connectivity index (χ2n) is 5.30. The fraction of sp³-hybridized carbons (Fsp3) is 0.368. The van der Waals surface area contributed by atoms with Crippen molar-refractivity contribution in [2.24, 2.45) is 0 Å². The van der Waals surface area contributed by atoms with Crippen LogP contribution in [-0.2, 0) is 0 Å². The van der Waals surface area contributed by atoms with Gasteiger partial charge in [-0.25, -0.2) is 4.39 Å². The molecule has 0 radical (unpaired) electrons. The maximum absolute atomic E-state index is 14.1. The average Bonchev–Trinajstić information content (AvgIpc) is 2.52. The second kappa shape index (κ2) is 7.84. The first kappa shape index (κ1) is 14.8. The quantitative estimate of drug-likeness (QED) is 0.515. The summed E-state index contributed by atoms with van der Waals surface area (Å²) in [6, 6.07) is 18.1. The molecule has 2 rings (SSSR count). The molecule has 0 amide bonds. The van der Waals surface area contributed by atoms with E-state index in [-0.39, 0.29) is 0 Å². The van der Waals surface area contributed by atoms with Crippen LogP contribution in [0, 0.1) is 0 Å². The summed E-state index contributed by atoms with van der Waals surface area (Å²) < 4.78 is 14.1. The minimum Gasteiger partial charge on any atom is -0.242 e. The van der Waals surface area contributed by atoms with E-state index < -0.39 is 6.17 Å². The van der Waals surface area contributed by atoms with Crippen LogP contribution in [0.4, 0.5) is 4.39 Å². The van der Waals surface area contributed by atoms with E-state index in [9.17, 15) is 4.39 Å². The molecule has 0 aromatic heterocycles. The summed E-state index contributed by atoms with van der Waals surface area (Å²) in [4.78, 5) is 0. The van der Waals surface area contributed by atoms with Gasteiger partial charge in [0.2, 0.25) is 0 Å². The first-order valence-corrected chi connectivity index (χ1v) is 7.60. The molecule has 1 atom stereocenters. The lowest BCUT2D eigenvalue weighted by molar-refractivity contribution is 0.313. The lowest BCUT2D eigenvalue weighted by Crippen LogP contribution is -1.92. The first-order valence-electron chi connectivity index (χ1n) is 7.60. The zero-order valence-corrected chi connectivity index (χ0v) is 12.2. The van der Waals surface area contributed by atoms with E-state index in [1.54, 1.807) is 0 Å². The van der Waals surface area contributed by atoms with E-state index in [2.05, 4.69) is 19.1 Å². The van der Waals surface area contributed by atoms with Gasteiger partial charge in [-0.2, -0.15) is 0 Å². The van der Waals surface area contributed by atoms with E-state index in [0.29, 0.717) is 6.42 Å². The molecule has 0 bridgehead atoms. The van der Waals surface area contributed by atoms with Crippen LogP contribution in [0.5, 0.6) is 0 Å². The van der Waals surface area contributed by atoms with Gasteiger partial charge in [0.15, 0.2) is 0 Å². The Bertz CT molecular complexity index is 487. The van der Waals surface area contributed by atoms with E-state index in [1.165, 1.54) is 18.4 Å². The van der Waals surface area contributed by atoms with E-state index in [1.807, 2.05) is 42.5 Å². The van der Waals surface area contributed by atoms with Crippen molar-refractivity contribution >= 4 is 0 Å². The van der Waals surface area contributed by atoms with Crippen LogP contribution in [0.25, 0.3) is 11.1 Å². The third-order valence-electron chi connectivity index (χ3n) is 3.69. The Hall–Kier alpha value is -1.63. The number of halogens is 1. The van der Waals surface area contributed by atoms with Crippen molar-refractivity contribution in [1.82, 2.24) is 0 Å². The highest BCUT2D eigenvalue weighted by Gasteiger charge is 2.09. The van der Waals surface area contributed by atoms with Gasteiger partial charge in [-0.3, -0.25) is 0 Å². The molecule has 0 aliphatic rings. The van der Waals surface area contributed by atoms with Crippen molar-refractivity contribution in [2.75, 3.05) is 0 Å². The van der Waals surface area contributed by atoms with Crippen molar-refractivity contribution in [3.63, 3.8) is 0 Å². The molecule has 1 unspecified atom stereocenters. The van der Waals surface area contributed by atoms with Crippen LogP contribution >= 0.6 is 0 Å². The maximum atomic E-state index is 14.1. The summed E-state index contributed by atoms with van der Waals surface area (Å²) in [5, 5.41) is 0. The molecule has 2 aromatic rings. The van der Waals surface area contributed by atoms with Crippen molar-refractivity contribution < 1.29 is 4.39 Å². The summed E-state index contributed by atoms with van der Waals surface area (Å²) in [6.45, 7) is 2.18. The molecule has 106 valence electrons. The largest absolute Gasteiger partial charge is 0.242 e. The Balaban J connectivity index is 1.94. The SMILES string of the molecule is CCCCCCC(F)c1ccc(-c2ccccc2)cc1. The van der Waals surface area contributed by atoms with Crippen LogP contribution in [0.15, 0.2) is 54.6 Å². The zero-order valence-electron chi connectivity index (χ0n) is 12.2. The standard InChI is InChI=1S/C19H23F/c1-2-3-4-8-11-19(20)18-14-12-17(13-15-18)16-9-6-5-7-10-16/h5-7,9-10,12-15,19H,2-4,8,11H2,1H3. The van der Waals surface area contributed by atoms with Gasteiger partial charge < -0.3 is 0 Å². The molecule has 0 aliphatic heterocycles. The Kier molecular flexibility index (Phi) is 5.79. The van der Waals surface area contributed by atoms with E-state index in [0.717, 1.165) is 24.0 Å². The predicted octanol–water partition coefficient (Wildman–Crippen LogP) is 6.33. The number of alkyl halides is 1. The van der Waals surface area contributed by atoms with Gasteiger partial charge in [0.1, 0.15) is 6.17 Å². The van der Waals surface area contributed by atoms with Gasteiger partial charge in [-0.1, -0.05) is 87.2 Å². The molecule has 0 saturated heterocycles. The second-order valence-corrected chi connectivity index (χ2v) is 5.30. The Morgan fingerprint density at radius 1 is 0.800 bits per heavy atom. The summed E-state index contributed by atoms with van der Waals surface area (Å²) in [7, 11) is 0. The molecule has 0 aliphatic carbocycles. The van der Waals surface area contributed by atoms with Crippen LogP contribution in [0.1, 0.15) is 50.8 Å². The first-order chi connectivity index (χ1) is 9.81. The van der Waals surface area contributed by atoms with E-state index in [4.69, 9.17) is 0 Å². The van der Waals surface area contributed by atoms with Crippen LogP contribution in [-0.4, -0.2) is 0 Å². The summed E-state index contributed by atoms with van der Waals surface area (Å²) in [5.41, 5.74) is 3.13. The van der Waals surface area contributed by atoms with Gasteiger partial charge in [0.05, 0.1) is 0 Å². The maximum Gasteiger partial charge on any atom is 0.125 e. The lowest BCUT2D eigenvalue weighted by Gasteiger charge is -2.09. The summed E-state index contributed by atoms with van der Waals surface area (Å²) in [5.74, 6) is 0. The molecule has 0 fully saturated rings. The molecular weight excluding hydrogens is 247 g/mol. The minimum atomic E-state index is -0.823. The normalized spacial score (nSPS) is 12.3. The van der Waals surface area contributed by atoms with Crippen molar-refractivity contribution in [1.29, 1.82) is 0 Å². The van der Waals surface area contributed by atoms with Crippen molar-refractivity contribution in [3.05, 3.63) is 60.2 Å². The topological polar surface area (TPSA) is 0 Å². The third kappa shape index (κ3) is 4.19. The number of unbranched alkanes of at least 4 members (excludes halogenated alkanes) is 3. The highest BCUT2D eigenvalue weighted by Crippen LogP contribution is 2.27. The fourth-order valence-corrected chi connectivity index (χ4v) is 2.43. The number of hydrogen-bond donors (Lipinski definition) is 0. The molecule has 0 spiro atoms. The number of benzene rings is 2. The van der Waals surface area contributed by atoms with Crippen molar-refractivity contribution in [3.8, 4) is 11.1 Å². The third-order valence-corrected chi connectivity index (χ3v) is 3.69. The van der Waals surface area contributed by atoms with Gasteiger partial charge in [-0.05, 0) is 23.1 Å². The van der Waals surface area contributed by atoms with Gasteiger partial charge in [0, 0.05) is 0 Å². The molecule has 0 nitrogen and oxygen atoms in total. The van der Waals surface area contributed by atoms with Crippen molar-refractivity contribution in [2.45, 2.75) is 45.2 Å². The smallest absolute Gasteiger partial charge is 0.125 e. The number of hydrogen-bond acceptors (Lipinski definition) is 0. The Morgan fingerprint density at radius 3 is 2.10 bits per heavy atom. The molecule has 0 heterocycles. The molecule has 1 heteroatoms. The average molecular weight is 270 g/mol. The molecule has 2 aromatic carbocycles. The predicted molar refractivity (Wildman–Crippen MR) is 84.5 cm³/mol. The molecule has 20 heavy (non-hydrogen) atoms. The monoisotopic (exact) mass is 270 g/mol. The van der Waals surface area contributed by atoms with Gasteiger partial charge in [-0.15, -0.1) is 0 Å². The number of rotatable bonds is 7. The molecule has 0 N–H and O–H groups in total. The highest BCUT2D eigenvalue weighted by molar-refractivity contribution is 5.63. The minimum absolute atomic E-state index is 0.644. The van der Waals surface area contributed by atoms with E-state index >= 15 is 0 Å². The summed E-state index contributed by atoms with van der Waals surface area (Å²) in [6.07, 6.45) is 4.35. The van der Waals surface area contributed by atoms with Crippen LogP contribution < -0.4 is 0 Å². The van der Waals surface area contributed by atoms with Crippen LogP contribution in [0.3, 0.4) is 0 Å².